The minimum absolute atomic E-state index is 0.0574. The first-order chi connectivity index (χ1) is 9.15. The molecule has 0 radical (unpaired) electrons. The van der Waals surface area contributed by atoms with Crippen molar-refractivity contribution in [3.05, 3.63) is 33.9 Å². The van der Waals surface area contributed by atoms with Crippen molar-refractivity contribution in [3.8, 4) is 0 Å². The number of carbonyl (C=O) groups excluding carboxylic acids is 1. The number of carbonyl (C=O) groups is 1. The van der Waals surface area contributed by atoms with Gasteiger partial charge in [-0.3, -0.25) is 14.9 Å². The molecular formula is C11H12F3N3O3. The Morgan fingerprint density at radius 2 is 2.05 bits per heavy atom. The smallest absolute Gasteiger partial charge is 0.399 e. The number of rotatable bonds is 4. The van der Waals surface area contributed by atoms with E-state index in [0.29, 0.717) is 4.90 Å². The molecule has 6 nitrogen and oxygen atoms in total. The number of amides is 1. The van der Waals surface area contributed by atoms with Gasteiger partial charge in [0.15, 0.2) is 0 Å². The third kappa shape index (κ3) is 3.84. The van der Waals surface area contributed by atoms with Crippen LogP contribution in [0.25, 0.3) is 0 Å². The molecule has 2 N–H and O–H groups in total. The second kappa shape index (κ2) is 5.76. The molecule has 1 aromatic carbocycles. The second-order valence-corrected chi connectivity index (χ2v) is 3.97. The fourth-order valence-electron chi connectivity index (χ4n) is 1.60. The van der Waals surface area contributed by atoms with Crippen molar-refractivity contribution in [2.45, 2.75) is 13.1 Å². The third-order valence-corrected chi connectivity index (χ3v) is 2.49. The monoisotopic (exact) mass is 291 g/mol. The largest absolute Gasteiger partial charge is 0.406 e. The summed E-state index contributed by atoms with van der Waals surface area (Å²) >= 11 is 0. The van der Waals surface area contributed by atoms with E-state index in [1.165, 1.54) is 13.0 Å². The minimum Gasteiger partial charge on any atom is -0.399 e. The number of nitro benzene ring substituents is 1. The molecule has 0 unspecified atom stereocenters. The zero-order valence-electron chi connectivity index (χ0n) is 10.5. The van der Waals surface area contributed by atoms with Crippen LogP contribution in [0.3, 0.4) is 0 Å². The van der Waals surface area contributed by atoms with Gasteiger partial charge in [0.05, 0.1) is 4.92 Å². The van der Waals surface area contributed by atoms with Crippen molar-refractivity contribution in [2.75, 3.05) is 18.8 Å². The number of anilines is 1. The Morgan fingerprint density at radius 1 is 1.45 bits per heavy atom. The number of nitrogen functional groups attached to an aromatic ring is 1. The summed E-state index contributed by atoms with van der Waals surface area (Å²) in [7, 11) is 0. The summed E-state index contributed by atoms with van der Waals surface area (Å²) in [4.78, 5) is 22.4. The van der Waals surface area contributed by atoms with Gasteiger partial charge in [0.25, 0.3) is 11.6 Å². The maximum Gasteiger partial charge on any atom is 0.406 e. The predicted octanol–water partition coefficient (Wildman–Crippen LogP) is 2.20. The molecule has 0 aliphatic rings. The molecule has 0 aromatic heterocycles. The van der Waals surface area contributed by atoms with Gasteiger partial charge in [-0.1, -0.05) is 0 Å². The van der Waals surface area contributed by atoms with Gasteiger partial charge in [0.1, 0.15) is 12.1 Å². The average molecular weight is 291 g/mol. The van der Waals surface area contributed by atoms with E-state index in [2.05, 4.69) is 0 Å². The Hall–Kier alpha value is -2.32. The first-order valence-electron chi connectivity index (χ1n) is 5.55. The molecular weight excluding hydrogens is 279 g/mol. The summed E-state index contributed by atoms with van der Waals surface area (Å²) in [6, 6.07) is 3.19. The number of benzene rings is 1. The zero-order valence-corrected chi connectivity index (χ0v) is 10.5. The van der Waals surface area contributed by atoms with Gasteiger partial charge in [0, 0.05) is 18.3 Å². The highest BCUT2D eigenvalue weighted by Crippen LogP contribution is 2.24. The summed E-state index contributed by atoms with van der Waals surface area (Å²) in [5.41, 5.74) is 4.44. The first-order valence-corrected chi connectivity index (χ1v) is 5.55. The second-order valence-electron chi connectivity index (χ2n) is 3.97. The van der Waals surface area contributed by atoms with Crippen LogP contribution >= 0.6 is 0 Å². The lowest BCUT2D eigenvalue weighted by atomic mass is 10.1. The van der Waals surface area contributed by atoms with Crippen LogP contribution in [0.1, 0.15) is 17.3 Å². The van der Waals surface area contributed by atoms with Crippen LogP contribution in [0.2, 0.25) is 0 Å². The summed E-state index contributed by atoms with van der Waals surface area (Å²) in [5.74, 6) is -1.08. The van der Waals surface area contributed by atoms with Gasteiger partial charge in [0.2, 0.25) is 0 Å². The maximum absolute atomic E-state index is 12.4. The molecule has 0 fully saturated rings. The zero-order chi connectivity index (χ0) is 15.5. The van der Waals surface area contributed by atoms with Crippen molar-refractivity contribution in [3.63, 3.8) is 0 Å². The van der Waals surface area contributed by atoms with E-state index in [0.717, 1.165) is 12.1 Å². The standard InChI is InChI=1S/C11H12F3N3O3/c1-2-16(6-11(12,13)14)10(18)8-5-7(15)3-4-9(8)17(19)20/h3-5H,2,6,15H2,1H3. The number of alkyl halides is 3. The normalized spacial score (nSPS) is 11.2. The van der Waals surface area contributed by atoms with Crippen molar-refractivity contribution in [1.29, 1.82) is 0 Å². The van der Waals surface area contributed by atoms with Gasteiger partial charge in [-0.05, 0) is 19.1 Å². The van der Waals surface area contributed by atoms with Crippen molar-refractivity contribution < 1.29 is 22.9 Å². The first kappa shape index (κ1) is 15.7. The summed E-state index contributed by atoms with van der Waals surface area (Å²) in [6.45, 7) is -0.361. The molecule has 1 rings (SSSR count). The predicted molar refractivity (Wildman–Crippen MR) is 65.1 cm³/mol. The quantitative estimate of drug-likeness (QED) is 0.523. The van der Waals surface area contributed by atoms with Crippen molar-refractivity contribution >= 4 is 17.3 Å². The SMILES string of the molecule is CCN(CC(F)(F)F)C(=O)c1cc(N)ccc1[N+](=O)[O-]. The van der Waals surface area contributed by atoms with Crippen LogP contribution in [-0.2, 0) is 0 Å². The molecule has 110 valence electrons. The van der Waals surface area contributed by atoms with Gasteiger partial charge in [-0.15, -0.1) is 0 Å². The molecule has 0 saturated heterocycles. The molecule has 20 heavy (non-hydrogen) atoms. The number of hydrogen-bond acceptors (Lipinski definition) is 4. The van der Waals surface area contributed by atoms with Crippen LogP contribution in [-0.4, -0.2) is 35.0 Å². The molecule has 9 heteroatoms. The minimum atomic E-state index is -4.58. The van der Waals surface area contributed by atoms with Crippen molar-refractivity contribution in [2.24, 2.45) is 0 Å². The van der Waals surface area contributed by atoms with Gasteiger partial charge >= 0.3 is 6.18 Å². The maximum atomic E-state index is 12.4. The summed E-state index contributed by atoms with van der Waals surface area (Å²) in [5, 5.41) is 10.8. The van der Waals surface area contributed by atoms with E-state index in [1.807, 2.05) is 0 Å². The van der Waals surface area contributed by atoms with Gasteiger partial charge in [-0.25, -0.2) is 0 Å². The van der Waals surface area contributed by atoms with Gasteiger partial charge < -0.3 is 10.6 Å². The van der Waals surface area contributed by atoms with E-state index in [9.17, 15) is 28.1 Å². The van der Waals surface area contributed by atoms with Crippen LogP contribution in [0.15, 0.2) is 18.2 Å². The topological polar surface area (TPSA) is 89.5 Å². The number of nitrogens with zero attached hydrogens (tertiary/aromatic N) is 2. The Morgan fingerprint density at radius 3 is 2.50 bits per heavy atom. The number of hydrogen-bond donors (Lipinski definition) is 1. The van der Waals surface area contributed by atoms with Crippen molar-refractivity contribution in [1.82, 2.24) is 4.90 Å². The van der Waals surface area contributed by atoms with E-state index >= 15 is 0 Å². The lowest BCUT2D eigenvalue weighted by Gasteiger charge is -2.22. The van der Waals surface area contributed by atoms with Crippen LogP contribution < -0.4 is 5.73 Å². The number of nitrogens with two attached hydrogens (primary N) is 1. The summed E-state index contributed by atoms with van der Waals surface area (Å²) in [6.07, 6.45) is -4.58. The highest BCUT2D eigenvalue weighted by Gasteiger charge is 2.34. The van der Waals surface area contributed by atoms with E-state index in [-0.39, 0.29) is 12.2 Å². The fourth-order valence-corrected chi connectivity index (χ4v) is 1.60. The Labute approximate surface area is 112 Å². The van der Waals surface area contributed by atoms with Gasteiger partial charge in [-0.2, -0.15) is 13.2 Å². The van der Waals surface area contributed by atoms with E-state index in [4.69, 9.17) is 5.73 Å². The molecule has 0 aliphatic heterocycles. The lowest BCUT2D eigenvalue weighted by Crippen LogP contribution is -2.39. The molecule has 1 amide bonds. The fraction of sp³-hybridized carbons (Fsp3) is 0.364. The Bertz CT molecular complexity index is 531. The highest BCUT2D eigenvalue weighted by molar-refractivity contribution is 5.99. The van der Waals surface area contributed by atoms with E-state index in [1.54, 1.807) is 0 Å². The Kier molecular flexibility index (Phi) is 4.53. The average Bonchev–Trinajstić information content (AvgIpc) is 2.33. The number of nitro groups is 1. The van der Waals surface area contributed by atoms with Crippen LogP contribution in [0.4, 0.5) is 24.5 Å². The molecule has 0 saturated carbocycles. The van der Waals surface area contributed by atoms with Crippen LogP contribution in [0.5, 0.6) is 0 Å². The molecule has 0 aliphatic carbocycles. The molecule has 0 atom stereocenters. The molecule has 0 heterocycles. The van der Waals surface area contributed by atoms with Crippen LogP contribution in [0, 0.1) is 10.1 Å². The highest BCUT2D eigenvalue weighted by atomic mass is 19.4. The Balaban J connectivity index is 3.18. The van der Waals surface area contributed by atoms with E-state index < -0.39 is 34.8 Å². The molecule has 1 aromatic rings. The number of halogens is 3. The lowest BCUT2D eigenvalue weighted by molar-refractivity contribution is -0.385. The molecule has 0 bridgehead atoms. The summed E-state index contributed by atoms with van der Waals surface area (Å²) < 4.78 is 37.1. The third-order valence-electron chi connectivity index (χ3n) is 2.49. The molecule has 0 spiro atoms.